The molecule has 0 aromatic carbocycles. The molecule has 3 nitrogen and oxygen atoms in total. The number of hydrogen-bond donors (Lipinski definition) is 0. The maximum absolute atomic E-state index is 2.40. The van der Waals surface area contributed by atoms with E-state index in [-0.39, 0.29) is 0 Å². The fraction of sp³-hybridized carbons (Fsp3) is 0.273. The van der Waals surface area contributed by atoms with E-state index in [2.05, 4.69) is 45.2 Å². The van der Waals surface area contributed by atoms with Crippen molar-refractivity contribution in [2.75, 3.05) is 0 Å². The molecule has 0 fully saturated rings. The molecule has 0 amide bonds. The first kappa shape index (κ1) is 6.76. The second-order valence-electron chi connectivity index (χ2n) is 4.14. The summed E-state index contributed by atoms with van der Waals surface area (Å²) < 4.78 is 7.06. The molecule has 0 N–H and O–H groups in total. The Bertz CT molecular complexity index is 566. The summed E-state index contributed by atoms with van der Waals surface area (Å²) in [6.07, 6.45) is 4.40. The van der Waals surface area contributed by atoms with E-state index in [0.717, 1.165) is 13.2 Å². The molecule has 4 heterocycles. The standard InChI is InChI=1S/C11H11N3/c1-8-5-13-7-12-4-2-3-9-6-14(8)11(13)10(9)12/h2-5H,6-7H2,1H3/q+2. The number of hydrogen-bond acceptors (Lipinski definition) is 0. The maximum Gasteiger partial charge on any atom is 0.361 e. The number of rotatable bonds is 0. The molecule has 0 spiro atoms. The van der Waals surface area contributed by atoms with Crippen molar-refractivity contribution in [3.05, 3.63) is 35.8 Å². The first-order chi connectivity index (χ1) is 6.84. The van der Waals surface area contributed by atoms with Crippen LogP contribution in [0.2, 0.25) is 0 Å². The van der Waals surface area contributed by atoms with Gasteiger partial charge in [0.15, 0.2) is 6.20 Å². The van der Waals surface area contributed by atoms with Gasteiger partial charge in [-0.3, -0.25) is 0 Å². The summed E-state index contributed by atoms with van der Waals surface area (Å²) in [5.74, 6) is 1.39. The Hall–Kier alpha value is -1.64. The molecular formula is C11H11N3+2. The SMILES string of the molecule is Cc1c[n+]2c3n1Cc1ccc[n+](c1-3)C2. The Morgan fingerprint density at radius 3 is 3.21 bits per heavy atom. The highest BCUT2D eigenvalue weighted by Gasteiger charge is 2.45. The van der Waals surface area contributed by atoms with E-state index in [0.29, 0.717) is 0 Å². The predicted octanol–water partition coefficient (Wildman–Crippen LogP) is 0.219. The van der Waals surface area contributed by atoms with Gasteiger partial charge in [-0.2, -0.15) is 9.13 Å². The molecule has 2 aromatic rings. The van der Waals surface area contributed by atoms with E-state index >= 15 is 0 Å². The van der Waals surface area contributed by atoms with Gasteiger partial charge in [0.05, 0.1) is 5.56 Å². The van der Waals surface area contributed by atoms with Crippen molar-refractivity contribution in [3.63, 3.8) is 0 Å². The smallest absolute Gasteiger partial charge is 0.217 e. The molecular weight excluding hydrogens is 174 g/mol. The van der Waals surface area contributed by atoms with Crippen molar-refractivity contribution in [1.29, 1.82) is 0 Å². The van der Waals surface area contributed by atoms with Crippen molar-refractivity contribution < 1.29 is 9.13 Å². The van der Waals surface area contributed by atoms with Gasteiger partial charge in [0.1, 0.15) is 18.4 Å². The first-order valence-corrected chi connectivity index (χ1v) is 4.96. The van der Waals surface area contributed by atoms with Crippen LogP contribution in [0.4, 0.5) is 0 Å². The predicted molar refractivity (Wildman–Crippen MR) is 49.5 cm³/mol. The van der Waals surface area contributed by atoms with Crippen LogP contribution >= 0.6 is 0 Å². The van der Waals surface area contributed by atoms with Gasteiger partial charge in [0.2, 0.25) is 0 Å². The zero-order chi connectivity index (χ0) is 9.28. The minimum absolute atomic E-state index is 0.979. The molecule has 2 aliphatic heterocycles. The van der Waals surface area contributed by atoms with Crippen LogP contribution < -0.4 is 9.13 Å². The fourth-order valence-corrected chi connectivity index (χ4v) is 2.70. The summed E-state index contributed by atoms with van der Waals surface area (Å²) in [5.41, 5.74) is 4.24. The molecule has 14 heavy (non-hydrogen) atoms. The number of aromatic nitrogens is 3. The molecule has 2 aromatic heterocycles. The normalized spacial score (nSPS) is 14.9. The molecule has 0 radical (unpaired) electrons. The Balaban J connectivity index is 2.21. The topological polar surface area (TPSA) is 12.7 Å². The number of nitrogens with zero attached hydrogens (tertiary/aromatic N) is 3. The lowest BCUT2D eigenvalue weighted by atomic mass is 10.2. The fourth-order valence-electron chi connectivity index (χ4n) is 2.70. The van der Waals surface area contributed by atoms with Gasteiger partial charge >= 0.3 is 11.5 Å². The second kappa shape index (κ2) is 1.90. The van der Waals surface area contributed by atoms with Gasteiger partial charge in [-0.15, -0.1) is 0 Å². The number of aryl methyl sites for hydroxylation is 1. The third-order valence-corrected chi connectivity index (χ3v) is 3.30. The van der Waals surface area contributed by atoms with Crippen molar-refractivity contribution in [2.24, 2.45) is 0 Å². The average Bonchev–Trinajstić information content (AvgIpc) is 2.77. The Labute approximate surface area is 81.9 Å². The Kier molecular flexibility index (Phi) is 0.916. The van der Waals surface area contributed by atoms with Crippen LogP contribution in [0.25, 0.3) is 11.5 Å². The molecule has 68 valence electrons. The van der Waals surface area contributed by atoms with Crippen LogP contribution in [0, 0.1) is 6.92 Å². The quantitative estimate of drug-likeness (QED) is 0.348. The third kappa shape index (κ3) is 0.557. The van der Waals surface area contributed by atoms with Crippen molar-refractivity contribution >= 4 is 0 Å². The van der Waals surface area contributed by atoms with E-state index in [1.807, 2.05) is 0 Å². The first-order valence-electron chi connectivity index (χ1n) is 4.96. The van der Waals surface area contributed by atoms with Gasteiger partial charge in [-0.05, 0) is 6.07 Å². The van der Waals surface area contributed by atoms with Gasteiger partial charge in [0.25, 0.3) is 6.67 Å². The molecule has 4 rings (SSSR count). The number of imidazole rings is 1. The minimum Gasteiger partial charge on any atom is -0.217 e. The molecule has 3 heteroatoms. The van der Waals surface area contributed by atoms with Crippen LogP contribution in [0.15, 0.2) is 24.5 Å². The van der Waals surface area contributed by atoms with Crippen LogP contribution in [0.3, 0.4) is 0 Å². The molecule has 0 aliphatic carbocycles. The molecule has 0 bridgehead atoms. The lowest BCUT2D eigenvalue weighted by Gasteiger charge is -1.90. The van der Waals surface area contributed by atoms with E-state index in [1.165, 1.54) is 22.8 Å². The zero-order valence-electron chi connectivity index (χ0n) is 8.07. The molecule has 0 saturated heterocycles. The van der Waals surface area contributed by atoms with Gasteiger partial charge < -0.3 is 0 Å². The van der Waals surface area contributed by atoms with Crippen molar-refractivity contribution in [3.8, 4) is 11.5 Å². The van der Waals surface area contributed by atoms with Gasteiger partial charge in [0, 0.05) is 13.0 Å². The van der Waals surface area contributed by atoms with E-state index in [9.17, 15) is 0 Å². The van der Waals surface area contributed by atoms with Crippen LogP contribution in [0.1, 0.15) is 11.3 Å². The Morgan fingerprint density at radius 1 is 1.36 bits per heavy atom. The van der Waals surface area contributed by atoms with E-state index in [4.69, 9.17) is 0 Å². The largest absolute Gasteiger partial charge is 0.361 e. The molecule has 0 atom stereocenters. The lowest BCUT2D eigenvalue weighted by Crippen LogP contribution is -2.44. The minimum atomic E-state index is 0.979. The summed E-state index contributed by atoms with van der Waals surface area (Å²) >= 11 is 0. The highest BCUT2D eigenvalue weighted by molar-refractivity contribution is 5.54. The second-order valence-corrected chi connectivity index (χ2v) is 4.14. The molecule has 0 saturated carbocycles. The van der Waals surface area contributed by atoms with Crippen molar-refractivity contribution in [1.82, 2.24) is 4.57 Å². The average molecular weight is 185 g/mol. The zero-order valence-corrected chi connectivity index (χ0v) is 8.07. The summed E-state index contributed by atoms with van der Waals surface area (Å²) in [6.45, 7) is 4.21. The van der Waals surface area contributed by atoms with Gasteiger partial charge in [-0.25, -0.2) is 4.57 Å². The number of pyridine rings is 1. The molecule has 2 aliphatic rings. The van der Waals surface area contributed by atoms with Crippen LogP contribution in [-0.2, 0) is 13.2 Å². The highest BCUT2D eigenvalue weighted by atomic mass is 15.3. The third-order valence-electron chi connectivity index (χ3n) is 3.30. The summed E-state index contributed by atoms with van der Waals surface area (Å²) in [7, 11) is 0. The lowest BCUT2D eigenvalue weighted by molar-refractivity contribution is -0.877. The summed E-state index contributed by atoms with van der Waals surface area (Å²) in [5, 5.41) is 0. The molecule has 0 unspecified atom stereocenters. The van der Waals surface area contributed by atoms with E-state index in [1.54, 1.807) is 0 Å². The van der Waals surface area contributed by atoms with Gasteiger partial charge in [-0.1, -0.05) is 0 Å². The monoisotopic (exact) mass is 185 g/mol. The van der Waals surface area contributed by atoms with Crippen LogP contribution in [0.5, 0.6) is 0 Å². The summed E-state index contributed by atoms with van der Waals surface area (Å²) in [6, 6.07) is 4.37. The maximum atomic E-state index is 2.40. The summed E-state index contributed by atoms with van der Waals surface area (Å²) in [4.78, 5) is 0. The Morgan fingerprint density at radius 2 is 2.29 bits per heavy atom. The highest BCUT2D eigenvalue weighted by Crippen LogP contribution is 2.29. The van der Waals surface area contributed by atoms with Crippen LogP contribution in [-0.4, -0.2) is 4.57 Å². The van der Waals surface area contributed by atoms with E-state index < -0.39 is 0 Å². The van der Waals surface area contributed by atoms with Crippen molar-refractivity contribution in [2.45, 2.75) is 20.1 Å².